The summed E-state index contributed by atoms with van der Waals surface area (Å²) in [5.74, 6) is -2.32. The zero-order valence-electron chi connectivity index (χ0n) is 14.5. The van der Waals surface area contributed by atoms with Gasteiger partial charge in [0, 0.05) is 17.8 Å². The summed E-state index contributed by atoms with van der Waals surface area (Å²) in [5.41, 5.74) is 5.18. The Hall–Kier alpha value is -1.10. The molecule has 0 heterocycles. The second-order valence-electron chi connectivity index (χ2n) is 6.71. The van der Waals surface area contributed by atoms with Crippen LogP contribution in [0.5, 0.6) is 0 Å². The van der Waals surface area contributed by atoms with Crippen LogP contribution in [0.4, 0.5) is 0 Å². The molecule has 0 aromatic rings. The molecular weight excluding hydrogens is 280 g/mol. The third-order valence-corrected chi connectivity index (χ3v) is 6.20. The molecule has 4 unspecified atom stereocenters. The van der Waals surface area contributed by atoms with Crippen LogP contribution in [0.3, 0.4) is 0 Å². The smallest absolute Gasteiger partial charge is 0.221 e. The number of hydrogen-bond donors (Lipinski definition) is 1. The summed E-state index contributed by atoms with van der Waals surface area (Å²) >= 11 is 0. The lowest BCUT2D eigenvalue weighted by Crippen LogP contribution is -2.47. The maximum Gasteiger partial charge on any atom is 0.221 e. The Kier molecular flexibility index (Phi) is 6.85. The monoisotopic (exact) mass is 312 g/mol. The van der Waals surface area contributed by atoms with Crippen LogP contribution >= 0.6 is 0 Å². The standard InChI is InChI=1S/C9H13NO3.C8H20N/c10-8(11)6-4-1-2-5(3-4)7(6)9(12)13;1-5-9(6-2,7-3)8-4/h4-7H,1-3H2,(H2,10,11)(H,12,13);5-8H2,1-4H3/q;+1/p-1. The third kappa shape index (κ3) is 3.80. The van der Waals surface area contributed by atoms with Gasteiger partial charge in [-0.1, -0.05) is 0 Å². The normalized spacial score (nSPS) is 29.8. The molecule has 2 aliphatic rings. The largest absolute Gasteiger partial charge is 0.550 e. The molecule has 2 bridgehead atoms. The molecule has 5 nitrogen and oxygen atoms in total. The molecule has 0 aromatic carbocycles. The number of carboxylic acids is 1. The number of carboxylic acid groups (broad SMARTS) is 1. The Labute approximate surface area is 134 Å². The van der Waals surface area contributed by atoms with Crippen LogP contribution in [-0.2, 0) is 9.59 Å². The van der Waals surface area contributed by atoms with E-state index < -0.39 is 23.7 Å². The molecular formula is C17H32N2O3. The molecule has 4 atom stereocenters. The van der Waals surface area contributed by atoms with Gasteiger partial charge < -0.3 is 20.1 Å². The summed E-state index contributed by atoms with van der Waals surface area (Å²) < 4.78 is 1.28. The highest BCUT2D eigenvalue weighted by atomic mass is 16.4. The van der Waals surface area contributed by atoms with Crippen molar-refractivity contribution in [2.75, 3.05) is 26.2 Å². The van der Waals surface area contributed by atoms with Gasteiger partial charge in [-0.05, 0) is 58.8 Å². The van der Waals surface area contributed by atoms with Crippen LogP contribution in [0.15, 0.2) is 0 Å². The predicted molar refractivity (Wildman–Crippen MR) is 84.4 cm³/mol. The van der Waals surface area contributed by atoms with E-state index in [1.165, 1.54) is 30.7 Å². The van der Waals surface area contributed by atoms with Gasteiger partial charge in [0.1, 0.15) is 0 Å². The maximum atomic E-state index is 11.0. The van der Waals surface area contributed by atoms with Gasteiger partial charge in [-0.3, -0.25) is 4.79 Å². The van der Waals surface area contributed by atoms with E-state index in [0.717, 1.165) is 19.3 Å². The Morgan fingerprint density at radius 1 is 0.955 bits per heavy atom. The Bertz CT molecular complexity index is 350. The van der Waals surface area contributed by atoms with Gasteiger partial charge in [0.15, 0.2) is 0 Å². The van der Waals surface area contributed by atoms with Crippen LogP contribution in [0.2, 0.25) is 0 Å². The zero-order valence-corrected chi connectivity index (χ0v) is 14.5. The molecule has 2 rings (SSSR count). The van der Waals surface area contributed by atoms with Gasteiger partial charge in [-0.15, -0.1) is 0 Å². The fraction of sp³-hybridized carbons (Fsp3) is 0.882. The summed E-state index contributed by atoms with van der Waals surface area (Å²) in [7, 11) is 0. The molecule has 2 fully saturated rings. The fourth-order valence-corrected chi connectivity index (χ4v) is 4.38. The van der Waals surface area contributed by atoms with Gasteiger partial charge >= 0.3 is 0 Å². The molecule has 5 heteroatoms. The van der Waals surface area contributed by atoms with Gasteiger partial charge in [-0.2, -0.15) is 0 Å². The van der Waals surface area contributed by atoms with Crippen molar-refractivity contribution < 1.29 is 19.2 Å². The maximum absolute atomic E-state index is 11.0. The number of amides is 1. The number of rotatable bonds is 6. The highest BCUT2D eigenvalue weighted by Crippen LogP contribution is 2.51. The van der Waals surface area contributed by atoms with Crippen LogP contribution in [0.25, 0.3) is 0 Å². The van der Waals surface area contributed by atoms with Crippen molar-refractivity contribution in [3.05, 3.63) is 0 Å². The fourth-order valence-electron chi connectivity index (χ4n) is 4.38. The van der Waals surface area contributed by atoms with Gasteiger partial charge in [0.2, 0.25) is 5.91 Å². The van der Waals surface area contributed by atoms with Crippen molar-refractivity contribution in [1.29, 1.82) is 0 Å². The summed E-state index contributed by atoms with van der Waals surface area (Å²) in [6, 6.07) is 0. The second-order valence-corrected chi connectivity index (χ2v) is 6.71. The summed E-state index contributed by atoms with van der Waals surface area (Å²) in [4.78, 5) is 21.8. The van der Waals surface area contributed by atoms with Crippen molar-refractivity contribution in [1.82, 2.24) is 0 Å². The van der Waals surface area contributed by atoms with Crippen LogP contribution < -0.4 is 10.8 Å². The molecule has 1 amide bonds. The highest BCUT2D eigenvalue weighted by Gasteiger charge is 2.50. The van der Waals surface area contributed by atoms with E-state index in [0.29, 0.717) is 0 Å². The van der Waals surface area contributed by atoms with Crippen molar-refractivity contribution in [2.45, 2.75) is 47.0 Å². The minimum atomic E-state index is -1.10. The molecule has 0 aliphatic heterocycles. The lowest BCUT2D eigenvalue weighted by atomic mass is 9.79. The van der Waals surface area contributed by atoms with Crippen molar-refractivity contribution >= 4 is 11.9 Å². The quantitative estimate of drug-likeness (QED) is 0.735. The first kappa shape index (κ1) is 18.9. The average molecular weight is 312 g/mol. The number of carbonyl (C=O) groups is 2. The molecule has 0 saturated heterocycles. The summed E-state index contributed by atoms with van der Waals surface area (Å²) in [6.45, 7) is 14.2. The topological polar surface area (TPSA) is 83.2 Å². The van der Waals surface area contributed by atoms with Gasteiger partial charge in [-0.25, -0.2) is 0 Å². The number of nitrogens with two attached hydrogens (primary N) is 1. The highest BCUT2D eigenvalue weighted by molar-refractivity contribution is 5.84. The van der Waals surface area contributed by atoms with Crippen molar-refractivity contribution in [3.63, 3.8) is 0 Å². The van der Waals surface area contributed by atoms with E-state index in [4.69, 9.17) is 5.73 Å². The molecule has 22 heavy (non-hydrogen) atoms. The van der Waals surface area contributed by atoms with E-state index in [1.807, 2.05) is 0 Å². The number of nitrogens with zero attached hydrogens (tertiary/aromatic N) is 1. The average Bonchev–Trinajstić information content (AvgIpc) is 3.11. The minimum absolute atomic E-state index is 0.132. The van der Waals surface area contributed by atoms with Crippen LogP contribution in [-0.4, -0.2) is 42.5 Å². The van der Waals surface area contributed by atoms with Crippen molar-refractivity contribution in [2.24, 2.45) is 29.4 Å². The lowest BCUT2D eigenvalue weighted by Gasteiger charge is -2.34. The number of primary amides is 1. The molecule has 2 aliphatic carbocycles. The Morgan fingerprint density at radius 2 is 1.36 bits per heavy atom. The molecule has 128 valence electrons. The van der Waals surface area contributed by atoms with Gasteiger partial charge in [0.25, 0.3) is 0 Å². The van der Waals surface area contributed by atoms with Gasteiger partial charge in [0.05, 0.1) is 26.2 Å². The first-order valence-electron chi connectivity index (χ1n) is 8.70. The van der Waals surface area contributed by atoms with E-state index >= 15 is 0 Å². The second kappa shape index (κ2) is 7.95. The van der Waals surface area contributed by atoms with E-state index in [9.17, 15) is 14.7 Å². The zero-order chi connectivity index (χ0) is 16.9. The number of fused-ring (bicyclic) bond motifs is 2. The number of quaternary nitrogens is 1. The first-order chi connectivity index (χ1) is 10.4. The van der Waals surface area contributed by atoms with Crippen LogP contribution in [0.1, 0.15) is 47.0 Å². The molecule has 0 spiro atoms. The Balaban J connectivity index is 0.000000239. The SMILES string of the molecule is CC[N+](CC)(CC)CC.NC(=O)C1C2CCC(C2)C1C(=O)[O-]. The number of hydrogen-bond acceptors (Lipinski definition) is 3. The predicted octanol–water partition coefficient (Wildman–Crippen LogP) is 0.767. The van der Waals surface area contributed by atoms with E-state index in [1.54, 1.807) is 0 Å². The lowest BCUT2D eigenvalue weighted by molar-refractivity contribution is -0.921. The minimum Gasteiger partial charge on any atom is -0.550 e. The molecule has 2 N–H and O–H groups in total. The van der Waals surface area contributed by atoms with Crippen LogP contribution in [0, 0.1) is 23.7 Å². The molecule has 0 radical (unpaired) electrons. The molecule has 0 aromatic heterocycles. The summed E-state index contributed by atoms with van der Waals surface area (Å²) in [5, 5.41) is 10.8. The Morgan fingerprint density at radius 3 is 1.59 bits per heavy atom. The number of aliphatic carboxylic acids is 1. The molecule has 2 saturated carbocycles. The first-order valence-corrected chi connectivity index (χ1v) is 8.70. The van der Waals surface area contributed by atoms with E-state index in [-0.39, 0.29) is 11.8 Å². The summed E-state index contributed by atoms with van der Waals surface area (Å²) in [6.07, 6.45) is 2.70. The van der Waals surface area contributed by atoms with Crippen molar-refractivity contribution in [3.8, 4) is 0 Å². The number of carbonyl (C=O) groups excluding carboxylic acids is 2. The third-order valence-electron chi connectivity index (χ3n) is 6.20. The van der Waals surface area contributed by atoms with E-state index in [2.05, 4.69) is 27.7 Å².